The van der Waals surface area contributed by atoms with Crippen LogP contribution in [0, 0.1) is 5.92 Å². The monoisotopic (exact) mass is 367 g/mol. The maximum atomic E-state index is 6.08. The number of nitrogens with two attached hydrogens (primary N) is 1. The van der Waals surface area contributed by atoms with Crippen molar-refractivity contribution in [1.29, 1.82) is 0 Å². The Morgan fingerprint density at radius 3 is 2.90 bits per heavy atom. The standard InChI is InChI=1S/C15H15BrClN3O/c16-14-10(17)2-1-3-12(14)19-13-7-6-11(18)15(20-13)21-8-9-4-5-9/h1-3,6-7,9H,4-5,8,18H2,(H,19,20). The maximum Gasteiger partial charge on any atom is 0.239 e. The molecule has 0 bridgehead atoms. The Balaban J connectivity index is 1.78. The SMILES string of the molecule is Nc1ccc(Nc2cccc(Cl)c2Br)nc1OCC1CC1. The summed E-state index contributed by atoms with van der Waals surface area (Å²) in [6.45, 7) is 0.682. The van der Waals surface area contributed by atoms with Gasteiger partial charge in [0.05, 0.1) is 27.5 Å². The molecular weight excluding hydrogens is 354 g/mol. The molecule has 0 radical (unpaired) electrons. The molecular formula is C15H15BrClN3O. The van der Waals surface area contributed by atoms with E-state index in [2.05, 4.69) is 26.2 Å². The smallest absolute Gasteiger partial charge is 0.239 e. The summed E-state index contributed by atoms with van der Waals surface area (Å²) in [7, 11) is 0. The minimum absolute atomic E-state index is 0.477. The van der Waals surface area contributed by atoms with E-state index in [1.165, 1.54) is 12.8 Å². The first kappa shape index (κ1) is 14.5. The van der Waals surface area contributed by atoms with E-state index in [4.69, 9.17) is 22.1 Å². The van der Waals surface area contributed by atoms with Gasteiger partial charge in [0, 0.05) is 0 Å². The number of ether oxygens (including phenoxy) is 1. The van der Waals surface area contributed by atoms with Crippen LogP contribution < -0.4 is 15.8 Å². The Morgan fingerprint density at radius 1 is 1.33 bits per heavy atom. The Hall–Kier alpha value is -1.46. The van der Waals surface area contributed by atoms with Crippen LogP contribution in [0.3, 0.4) is 0 Å². The molecule has 0 unspecified atom stereocenters. The van der Waals surface area contributed by atoms with Crippen molar-refractivity contribution in [2.45, 2.75) is 12.8 Å². The summed E-state index contributed by atoms with van der Waals surface area (Å²) >= 11 is 9.53. The van der Waals surface area contributed by atoms with Crippen molar-refractivity contribution < 1.29 is 4.74 Å². The molecule has 0 saturated heterocycles. The zero-order valence-corrected chi connectivity index (χ0v) is 13.6. The molecule has 110 valence electrons. The topological polar surface area (TPSA) is 60.2 Å². The fourth-order valence-corrected chi connectivity index (χ4v) is 2.39. The van der Waals surface area contributed by atoms with Gasteiger partial charge in [0.1, 0.15) is 5.82 Å². The number of nitrogens with zero attached hydrogens (tertiary/aromatic N) is 1. The van der Waals surface area contributed by atoms with E-state index >= 15 is 0 Å². The van der Waals surface area contributed by atoms with Crippen LogP contribution in [0.15, 0.2) is 34.8 Å². The Morgan fingerprint density at radius 2 is 2.14 bits per heavy atom. The summed E-state index contributed by atoms with van der Waals surface area (Å²) in [5.74, 6) is 1.80. The normalized spacial score (nSPS) is 14.0. The second-order valence-electron chi connectivity index (χ2n) is 5.07. The van der Waals surface area contributed by atoms with Crippen molar-refractivity contribution in [3.63, 3.8) is 0 Å². The fourth-order valence-electron chi connectivity index (χ4n) is 1.86. The van der Waals surface area contributed by atoms with Crippen molar-refractivity contribution in [3.05, 3.63) is 39.8 Å². The van der Waals surface area contributed by atoms with Crippen molar-refractivity contribution in [2.24, 2.45) is 5.92 Å². The van der Waals surface area contributed by atoms with Gasteiger partial charge >= 0.3 is 0 Å². The molecule has 1 aliphatic carbocycles. The average Bonchev–Trinajstić information content (AvgIpc) is 3.28. The molecule has 1 heterocycles. The van der Waals surface area contributed by atoms with Crippen LogP contribution >= 0.6 is 27.5 Å². The zero-order chi connectivity index (χ0) is 14.8. The molecule has 6 heteroatoms. The van der Waals surface area contributed by atoms with Gasteiger partial charge in [-0.1, -0.05) is 17.7 Å². The Kier molecular flexibility index (Phi) is 4.22. The minimum atomic E-state index is 0.477. The first-order chi connectivity index (χ1) is 10.1. The summed E-state index contributed by atoms with van der Waals surface area (Å²) in [5, 5.41) is 3.85. The number of rotatable bonds is 5. The third-order valence-corrected chi connectivity index (χ3v) is 4.65. The Labute approximate surface area is 136 Å². The van der Waals surface area contributed by atoms with E-state index in [9.17, 15) is 0 Å². The maximum absolute atomic E-state index is 6.08. The summed E-state index contributed by atoms with van der Waals surface area (Å²) in [5.41, 5.74) is 7.29. The molecule has 0 spiro atoms. The highest BCUT2D eigenvalue weighted by Gasteiger charge is 2.22. The highest BCUT2D eigenvalue weighted by Crippen LogP contribution is 2.33. The van der Waals surface area contributed by atoms with Crippen molar-refractivity contribution >= 4 is 44.7 Å². The number of nitrogen functional groups attached to an aromatic ring is 1. The van der Waals surface area contributed by atoms with Gasteiger partial charge in [0.15, 0.2) is 0 Å². The van der Waals surface area contributed by atoms with Crippen LogP contribution in [0.5, 0.6) is 5.88 Å². The number of pyridine rings is 1. The summed E-state index contributed by atoms with van der Waals surface area (Å²) in [6.07, 6.45) is 2.46. The lowest BCUT2D eigenvalue weighted by molar-refractivity contribution is 0.290. The number of nitrogens with one attached hydrogen (secondary N) is 1. The van der Waals surface area contributed by atoms with Gasteiger partial charge in [-0.3, -0.25) is 0 Å². The number of anilines is 3. The molecule has 3 N–H and O–H groups in total. The summed E-state index contributed by atoms with van der Waals surface area (Å²) in [4.78, 5) is 4.42. The molecule has 1 saturated carbocycles. The van der Waals surface area contributed by atoms with Crippen LogP contribution in [0.2, 0.25) is 5.02 Å². The second-order valence-corrected chi connectivity index (χ2v) is 6.27. The van der Waals surface area contributed by atoms with Gasteiger partial charge in [-0.2, -0.15) is 4.98 Å². The van der Waals surface area contributed by atoms with Crippen LogP contribution in [-0.4, -0.2) is 11.6 Å². The summed E-state index contributed by atoms with van der Waals surface area (Å²) < 4.78 is 6.48. The fraction of sp³-hybridized carbons (Fsp3) is 0.267. The second kappa shape index (κ2) is 6.12. The summed E-state index contributed by atoms with van der Waals surface area (Å²) in [6, 6.07) is 9.20. The van der Waals surface area contributed by atoms with Crippen molar-refractivity contribution in [1.82, 2.24) is 4.98 Å². The van der Waals surface area contributed by atoms with Crippen LogP contribution in [0.4, 0.5) is 17.2 Å². The molecule has 1 aliphatic rings. The highest BCUT2D eigenvalue weighted by atomic mass is 79.9. The molecule has 0 aliphatic heterocycles. The van der Waals surface area contributed by atoms with E-state index in [-0.39, 0.29) is 0 Å². The largest absolute Gasteiger partial charge is 0.476 e. The van der Waals surface area contributed by atoms with Crippen LogP contribution in [-0.2, 0) is 0 Å². The predicted octanol–water partition coefficient (Wildman–Crippen LogP) is 4.61. The molecule has 2 aromatic rings. The third kappa shape index (κ3) is 3.60. The lowest BCUT2D eigenvalue weighted by Crippen LogP contribution is -2.05. The molecule has 4 nitrogen and oxygen atoms in total. The zero-order valence-electron chi connectivity index (χ0n) is 11.3. The first-order valence-corrected chi connectivity index (χ1v) is 7.91. The molecule has 1 aromatic heterocycles. The first-order valence-electron chi connectivity index (χ1n) is 6.74. The quantitative estimate of drug-likeness (QED) is 0.809. The van der Waals surface area contributed by atoms with Crippen molar-refractivity contribution in [3.8, 4) is 5.88 Å². The molecule has 3 rings (SSSR count). The van der Waals surface area contributed by atoms with Gasteiger partial charge in [0.25, 0.3) is 0 Å². The molecule has 1 fully saturated rings. The van der Waals surface area contributed by atoms with Crippen molar-refractivity contribution in [2.75, 3.05) is 17.7 Å². The number of hydrogen-bond acceptors (Lipinski definition) is 4. The molecule has 0 atom stereocenters. The highest BCUT2D eigenvalue weighted by molar-refractivity contribution is 9.10. The minimum Gasteiger partial charge on any atom is -0.476 e. The third-order valence-electron chi connectivity index (χ3n) is 3.26. The van der Waals surface area contributed by atoms with Gasteiger partial charge in [0.2, 0.25) is 5.88 Å². The average molecular weight is 369 g/mol. The van der Waals surface area contributed by atoms with E-state index in [1.807, 2.05) is 24.3 Å². The van der Waals surface area contributed by atoms with E-state index in [0.717, 1.165) is 10.2 Å². The van der Waals surface area contributed by atoms with E-state index in [1.54, 1.807) is 6.07 Å². The number of aromatic nitrogens is 1. The lowest BCUT2D eigenvalue weighted by atomic mass is 10.3. The molecule has 0 amide bonds. The number of hydrogen-bond donors (Lipinski definition) is 2. The van der Waals surface area contributed by atoms with E-state index < -0.39 is 0 Å². The molecule has 21 heavy (non-hydrogen) atoms. The van der Waals surface area contributed by atoms with Gasteiger partial charge < -0.3 is 15.8 Å². The predicted molar refractivity (Wildman–Crippen MR) is 89.3 cm³/mol. The van der Waals surface area contributed by atoms with Gasteiger partial charge in [-0.15, -0.1) is 0 Å². The van der Waals surface area contributed by atoms with Gasteiger partial charge in [-0.05, 0) is 59.0 Å². The number of halogens is 2. The molecule has 1 aromatic carbocycles. The van der Waals surface area contributed by atoms with E-state index in [0.29, 0.717) is 34.9 Å². The number of benzene rings is 1. The lowest BCUT2D eigenvalue weighted by Gasteiger charge is -2.12. The van der Waals surface area contributed by atoms with Crippen LogP contribution in [0.1, 0.15) is 12.8 Å². The van der Waals surface area contributed by atoms with Gasteiger partial charge in [-0.25, -0.2) is 0 Å². The Bertz CT molecular complexity index is 661. The van der Waals surface area contributed by atoms with Crippen LogP contribution in [0.25, 0.3) is 0 Å².